The minimum atomic E-state index is -1.15. The van der Waals surface area contributed by atoms with Gasteiger partial charge in [0.2, 0.25) is 0 Å². The number of nitro benzene ring substituents is 1. The molecule has 12 heteroatoms. The molecule has 0 amide bonds. The molecule has 0 aliphatic carbocycles. The Morgan fingerprint density at radius 3 is 2.63 bits per heavy atom. The van der Waals surface area contributed by atoms with Gasteiger partial charge in [0.15, 0.2) is 16.3 Å². The molecule has 11 nitrogen and oxygen atoms in total. The lowest BCUT2D eigenvalue weighted by molar-refractivity contribution is -0.385. The van der Waals surface area contributed by atoms with Crippen LogP contribution in [0.25, 0.3) is 11.8 Å². The average Bonchev–Trinajstić information content (AvgIpc) is 3.59. The molecule has 5 rings (SSSR count). The number of allylic oxidation sites excluding steroid dienone is 1. The van der Waals surface area contributed by atoms with E-state index in [1.807, 2.05) is 30.3 Å². The number of rotatable bonds is 9. The zero-order chi connectivity index (χ0) is 29.1. The van der Waals surface area contributed by atoms with E-state index in [1.165, 1.54) is 30.1 Å². The predicted octanol–water partition coefficient (Wildman–Crippen LogP) is 4.00. The first-order chi connectivity index (χ1) is 19.8. The number of furan rings is 1. The molecule has 3 heterocycles. The fourth-order valence-electron chi connectivity index (χ4n) is 4.49. The van der Waals surface area contributed by atoms with Crippen molar-refractivity contribution in [3.05, 3.63) is 113 Å². The van der Waals surface area contributed by atoms with Gasteiger partial charge < -0.3 is 18.6 Å². The van der Waals surface area contributed by atoms with Gasteiger partial charge in [-0.15, -0.1) is 0 Å². The summed E-state index contributed by atoms with van der Waals surface area (Å²) in [6.07, 6.45) is 3.06. The molecule has 4 aromatic rings. The van der Waals surface area contributed by atoms with E-state index in [0.717, 1.165) is 16.9 Å². The number of carbonyl (C=O) groups excluding carboxylic acids is 1. The summed E-state index contributed by atoms with van der Waals surface area (Å²) in [4.78, 5) is 43.3. The molecule has 0 unspecified atom stereocenters. The van der Waals surface area contributed by atoms with Crippen molar-refractivity contribution in [1.82, 2.24) is 4.57 Å². The number of esters is 1. The van der Waals surface area contributed by atoms with E-state index >= 15 is 0 Å². The van der Waals surface area contributed by atoms with Crippen molar-refractivity contribution < 1.29 is 28.3 Å². The zero-order valence-electron chi connectivity index (χ0n) is 22.4. The van der Waals surface area contributed by atoms with Crippen molar-refractivity contribution in [2.24, 2.45) is 4.99 Å². The van der Waals surface area contributed by atoms with Crippen LogP contribution >= 0.6 is 11.3 Å². The lowest BCUT2D eigenvalue weighted by atomic mass is 9.94. The van der Waals surface area contributed by atoms with E-state index in [1.54, 1.807) is 32.1 Å². The summed E-state index contributed by atoms with van der Waals surface area (Å²) in [6.45, 7) is 3.45. The van der Waals surface area contributed by atoms with E-state index in [0.29, 0.717) is 10.3 Å². The maximum atomic E-state index is 13.3. The lowest BCUT2D eigenvalue weighted by Gasteiger charge is -2.23. The van der Waals surface area contributed by atoms with Crippen molar-refractivity contribution in [2.45, 2.75) is 26.5 Å². The molecule has 2 aromatic carbocycles. The maximum absolute atomic E-state index is 13.3. The van der Waals surface area contributed by atoms with Crippen molar-refractivity contribution >= 4 is 34.8 Å². The van der Waals surface area contributed by atoms with Gasteiger partial charge in [0, 0.05) is 11.8 Å². The van der Waals surface area contributed by atoms with Crippen molar-refractivity contribution in [3.8, 4) is 11.5 Å². The van der Waals surface area contributed by atoms with Gasteiger partial charge in [0.25, 0.3) is 11.2 Å². The largest absolute Gasteiger partial charge is 0.493 e. The molecule has 41 heavy (non-hydrogen) atoms. The number of fused-ring (bicyclic) bond motifs is 1. The summed E-state index contributed by atoms with van der Waals surface area (Å²) in [5.74, 6) is 0.108. The van der Waals surface area contributed by atoms with Gasteiger partial charge in [0.05, 0.1) is 42.1 Å². The molecule has 0 spiro atoms. The second kappa shape index (κ2) is 11.6. The number of methoxy groups -OCH3 is 1. The molecular weight excluding hydrogens is 550 g/mol. The molecule has 0 fully saturated rings. The van der Waals surface area contributed by atoms with Gasteiger partial charge in [-0.1, -0.05) is 41.7 Å². The van der Waals surface area contributed by atoms with E-state index < -0.39 is 22.5 Å². The Hall–Kier alpha value is -4.97. The number of hydrogen-bond acceptors (Lipinski definition) is 10. The smallest absolute Gasteiger partial charge is 0.338 e. The highest BCUT2D eigenvalue weighted by atomic mass is 32.1. The molecule has 0 radical (unpaired) electrons. The minimum absolute atomic E-state index is 0.00639. The second-order valence-corrected chi connectivity index (χ2v) is 9.90. The molecule has 1 atom stereocenters. The number of thiazole rings is 1. The van der Waals surface area contributed by atoms with Gasteiger partial charge in [-0.25, -0.2) is 9.79 Å². The van der Waals surface area contributed by atoms with Gasteiger partial charge in [-0.2, -0.15) is 0 Å². The third-order valence-electron chi connectivity index (χ3n) is 6.40. The molecule has 2 aromatic heterocycles. The Labute approximate surface area is 237 Å². The van der Waals surface area contributed by atoms with E-state index in [9.17, 15) is 19.7 Å². The van der Waals surface area contributed by atoms with Crippen molar-refractivity contribution in [1.29, 1.82) is 0 Å². The van der Waals surface area contributed by atoms with Crippen LogP contribution < -0.4 is 24.4 Å². The number of hydrogen-bond donors (Lipinski definition) is 0. The van der Waals surface area contributed by atoms with Gasteiger partial charge in [-0.05, 0) is 37.6 Å². The normalized spacial score (nSPS) is 14.8. The van der Waals surface area contributed by atoms with Crippen LogP contribution in [0.4, 0.5) is 5.69 Å². The van der Waals surface area contributed by atoms with E-state index in [-0.39, 0.29) is 52.0 Å². The Morgan fingerprint density at radius 1 is 1.20 bits per heavy atom. The van der Waals surface area contributed by atoms with Gasteiger partial charge in [0.1, 0.15) is 22.9 Å². The first-order valence-corrected chi connectivity index (χ1v) is 13.4. The summed E-state index contributed by atoms with van der Waals surface area (Å²) in [5, 5.41) is 12.3. The summed E-state index contributed by atoms with van der Waals surface area (Å²) in [5.41, 5.74) is 0.490. The van der Waals surface area contributed by atoms with E-state index in [2.05, 4.69) is 4.99 Å². The number of benzene rings is 2. The van der Waals surface area contributed by atoms with Crippen LogP contribution in [-0.2, 0) is 16.1 Å². The molecule has 0 saturated heterocycles. The van der Waals surface area contributed by atoms with Gasteiger partial charge >= 0.3 is 5.97 Å². The van der Waals surface area contributed by atoms with Crippen LogP contribution in [0.3, 0.4) is 0 Å². The number of nitro groups is 1. The van der Waals surface area contributed by atoms with Crippen molar-refractivity contribution in [3.63, 3.8) is 0 Å². The monoisotopic (exact) mass is 575 g/mol. The third-order valence-corrected chi connectivity index (χ3v) is 7.38. The summed E-state index contributed by atoms with van der Waals surface area (Å²) >= 11 is 1.08. The fourth-order valence-corrected chi connectivity index (χ4v) is 5.51. The molecule has 1 aliphatic rings. The van der Waals surface area contributed by atoms with Crippen LogP contribution in [-0.4, -0.2) is 29.2 Å². The first kappa shape index (κ1) is 27.6. The lowest BCUT2D eigenvalue weighted by Crippen LogP contribution is -2.35. The highest BCUT2D eigenvalue weighted by Crippen LogP contribution is 2.43. The predicted molar refractivity (Wildman–Crippen MR) is 150 cm³/mol. The average molecular weight is 576 g/mol. The van der Waals surface area contributed by atoms with Crippen LogP contribution in [0.5, 0.6) is 11.5 Å². The second-order valence-electron chi connectivity index (χ2n) is 8.89. The fraction of sp³-hybridized carbons (Fsp3) is 0.207. The number of carbonyl (C=O) groups is 1. The Balaban J connectivity index is 1.69. The van der Waals surface area contributed by atoms with Crippen LogP contribution in [0.2, 0.25) is 0 Å². The molecule has 1 aliphatic heterocycles. The molecule has 0 saturated carbocycles. The van der Waals surface area contributed by atoms with E-state index in [4.69, 9.17) is 18.6 Å². The first-order valence-electron chi connectivity index (χ1n) is 12.6. The molecule has 0 bridgehead atoms. The summed E-state index contributed by atoms with van der Waals surface area (Å²) in [6, 6.07) is 14.3. The van der Waals surface area contributed by atoms with Crippen molar-refractivity contribution in [2.75, 3.05) is 13.7 Å². The highest BCUT2D eigenvalue weighted by molar-refractivity contribution is 7.07. The maximum Gasteiger partial charge on any atom is 0.338 e. The Bertz CT molecular complexity index is 1820. The Morgan fingerprint density at radius 2 is 1.98 bits per heavy atom. The Kier molecular flexibility index (Phi) is 7.83. The highest BCUT2D eigenvalue weighted by Gasteiger charge is 2.36. The van der Waals surface area contributed by atoms with Gasteiger partial charge in [-0.3, -0.25) is 19.5 Å². The van der Waals surface area contributed by atoms with Crippen LogP contribution in [0.1, 0.15) is 36.8 Å². The number of ether oxygens (including phenoxy) is 3. The SMILES string of the molecule is CCOC(=O)C1=C(C)n2c(s/c(=C/c3ccco3)c2=O)=N[C@H]1c1cc(OC)c(OCc2ccccc2)cc1[N+](=O)[O-]. The quantitative estimate of drug-likeness (QED) is 0.166. The topological polar surface area (TPSA) is 135 Å². The third kappa shape index (κ3) is 5.41. The van der Waals surface area contributed by atoms with Crippen LogP contribution in [0.15, 0.2) is 80.6 Å². The van der Waals surface area contributed by atoms with Crippen LogP contribution in [0, 0.1) is 10.1 Å². The minimum Gasteiger partial charge on any atom is -0.493 e. The summed E-state index contributed by atoms with van der Waals surface area (Å²) in [7, 11) is 1.42. The molecule has 0 N–H and O–H groups in total. The standard InChI is InChI=1S/C29H25N3O8S/c1-4-38-28(34)25-17(2)31-27(33)24(13-19-11-8-12-39-19)41-29(31)30-26(25)20-14-22(37-3)23(15-21(20)32(35)36)40-16-18-9-6-5-7-10-18/h5-15,26H,4,16H2,1-3H3/b24-13+/t26-/m0/s1. The number of nitrogens with zero attached hydrogens (tertiary/aromatic N) is 3. The zero-order valence-corrected chi connectivity index (χ0v) is 23.2. The summed E-state index contributed by atoms with van der Waals surface area (Å²) < 4.78 is 23.7. The number of aromatic nitrogens is 1. The molecular formula is C29H25N3O8S. The molecule has 210 valence electrons.